The summed E-state index contributed by atoms with van der Waals surface area (Å²) in [7, 11) is 0. The molecule has 3 aromatic rings. The molecule has 0 radical (unpaired) electrons. The Morgan fingerprint density at radius 3 is 2.61 bits per heavy atom. The molecule has 0 aliphatic carbocycles. The van der Waals surface area contributed by atoms with Gasteiger partial charge in [-0.15, -0.1) is 0 Å². The minimum Gasteiger partial charge on any atom is -0.445 e. The van der Waals surface area contributed by atoms with E-state index in [4.69, 9.17) is 5.73 Å². The highest BCUT2D eigenvalue weighted by Crippen LogP contribution is 2.24. The molecule has 0 spiro atoms. The van der Waals surface area contributed by atoms with E-state index in [0.29, 0.717) is 5.69 Å². The summed E-state index contributed by atoms with van der Waals surface area (Å²) < 4.78 is 20.9. The molecule has 0 saturated heterocycles. The lowest BCUT2D eigenvalue weighted by Gasteiger charge is -2.07. The Hall–Kier alpha value is -3.20. The van der Waals surface area contributed by atoms with E-state index in [1.54, 1.807) is 6.07 Å². The fraction of sp³-hybridized carbons (Fsp3) is 0.105. The van der Waals surface area contributed by atoms with Crippen molar-refractivity contribution in [2.75, 3.05) is 6.61 Å². The van der Waals surface area contributed by atoms with Crippen molar-refractivity contribution in [3.63, 3.8) is 0 Å². The lowest BCUT2D eigenvalue weighted by molar-refractivity contribution is 0.164. The molecule has 1 heterocycles. The van der Waals surface area contributed by atoms with Crippen LogP contribution >= 0.6 is 15.9 Å². The average Bonchev–Trinajstić information content (AvgIpc) is 3.05. The molecule has 0 atom stereocenters. The Morgan fingerprint density at radius 1 is 1.21 bits per heavy atom. The largest absolute Gasteiger partial charge is 0.445 e. The van der Waals surface area contributed by atoms with Crippen LogP contribution < -0.4 is 11.4 Å². The number of aromatic nitrogens is 3. The lowest BCUT2D eigenvalue weighted by atomic mass is 10.1. The number of primary amides is 1. The van der Waals surface area contributed by atoms with Gasteiger partial charge < -0.3 is 10.5 Å². The number of nitrogens with two attached hydrogens (primary N) is 1. The number of benzene rings is 2. The molecule has 0 aliphatic rings. The summed E-state index contributed by atoms with van der Waals surface area (Å²) in [6.07, 6.45) is 0.594. The summed E-state index contributed by atoms with van der Waals surface area (Å²) in [4.78, 5) is 23.3. The van der Waals surface area contributed by atoms with Crippen LogP contribution in [0.2, 0.25) is 0 Å². The van der Waals surface area contributed by atoms with Crippen LogP contribution in [0.15, 0.2) is 76.0 Å². The van der Waals surface area contributed by atoms with E-state index in [-0.39, 0.29) is 25.1 Å². The van der Waals surface area contributed by atoms with Crippen LogP contribution in [0.3, 0.4) is 0 Å². The van der Waals surface area contributed by atoms with Gasteiger partial charge in [-0.3, -0.25) is 0 Å². The Kier molecular flexibility index (Phi) is 6.05. The second-order valence-corrected chi connectivity index (χ2v) is 6.79. The Morgan fingerprint density at radius 2 is 1.93 bits per heavy atom. The highest BCUT2D eigenvalue weighted by atomic mass is 79.9. The van der Waals surface area contributed by atoms with Crippen LogP contribution in [-0.4, -0.2) is 27.0 Å². The molecule has 2 N–H and O–H groups in total. The van der Waals surface area contributed by atoms with E-state index in [0.717, 1.165) is 20.3 Å². The molecule has 3 rings (SSSR count). The van der Waals surface area contributed by atoms with Crippen molar-refractivity contribution < 1.29 is 13.9 Å². The molecule has 7 nitrogen and oxygen atoms in total. The molecule has 0 aliphatic heterocycles. The van der Waals surface area contributed by atoms with Crippen LogP contribution in [0.4, 0.5) is 9.18 Å². The number of rotatable bonds is 6. The Bertz CT molecular complexity index is 1090. The second kappa shape index (κ2) is 8.66. The van der Waals surface area contributed by atoms with Crippen molar-refractivity contribution in [1.29, 1.82) is 0 Å². The molecular weight excluding hydrogens is 431 g/mol. The van der Waals surface area contributed by atoms with Crippen LogP contribution in [0.1, 0.15) is 0 Å². The summed E-state index contributed by atoms with van der Waals surface area (Å²) >= 11 is 3.45. The van der Waals surface area contributed by atoms with Gasteiger partial charge in [0.25, 0.3) is 0 Å². The quantitative estimate of drug-likeness (QED) is 0.627. The third kappa shape index (κ3) is 4.55. The summed E-state index contributed by atoms with van der Waals surface area (Å²) in [5.41, 5.74) is 7.00. The summed E-state index contributed by atoms with van der Waals surface area (Å²) in [6.45, 7) is -0.523. The first-order valence-corrected chi connectivity index (χ1v) is 8.98. The van der Waals surface area contributed by atoms with E-state index >= 15 is 0 Å². The SMILES string of the molecule is NC(=O)OCC(=CF)Cn1ncn(-c2cccc(-c3cccc(Br)c3)c2)c1=O. The molecule has 0 fully saturated rings. The van der Waals surface area contributed by atoms with E-state index in [2.05, 4.69) is 25.8 Å². The molecule has 0 bridgehead atoms. The van der Waals surface area contributed by atoms with Gasteiger partial charge in [-0.05, 0) is 35.4 Å². The van der Waals surface area contributed by atoms with Crippen molar-refractivity contribution in [3.8, 4) is 16.8 Å². The number of halogens is 2. The topological polar surface area (TPSA) is 92.1 Å². The van der Waals surface area contributed by atoms with Gasteiger partial charge in [-0.25, -0.2) is 23.2 Å². The van der Waals surface area contributed by atoms with Crippen molar-refractivity contribution in [2.24, 2.45) is 5.73 Å². The molecule has 28 heavy (non-hydrogen) atoms. The lowest BCUT2D eigenvalue weighted by Crippen LogP contribution is -2.26. The standard InChI is InChI=1S/C19H16BrFN4O3/c20-16-5-1-3-14(7-16)15-4-2-6-17(8-15)24-12-23-25(19(24)27)10-13(9-21)11-28-18(22)26/h1-9,12H,10-11H2,(H2,22,26). The highest BCUT2D eigenvalue weighted by molar-refractivity contribution is 9.10. The molecular formula is C19H16BrFN4O3. The van der Waals surface area contributed by atoms with Gasteiger partial charge >= 0.3 is 11.8 Å². The van der Waals surface area contributed by atoms with Gasteiger partial charge in [0.15, 0.2) is 0 Å². The van der Waals surface area contributed by atoms with Gasteiger partial charge in [-0.1, -0.05) is 40.2 Å². The number of nitrogens with zero attached hydrogens (tertiary/aromatic N) is 3. The third-order valence-corrected chi connectivity index (χ3v) is 4.42. The number of amides is 1. The minimum atomic E-state index is -1.03. The third-order valence-electron chi connectivity index (χ3n) is 3.92. The number of carbonyl (C=O) groups is 1. The van der Waals surface area contributed by atoms with E-state index in [1.165, 1.54) is 10.9 Å². The first-order chi connectivity index (χ1) is 13.5. The van der Waals surface area contributed by atoms with E-state index < -0.39 is 11.8 Å². The van der Waals surface area contributed by atoms with Crippen LogP contribution in [-0.2, 0) is 11.3 Å². The molecule has 0 unspecified atom stereocenters. The van der Waals surface area contributed by atoms with Crippen molar-refractivity contribution >= 4 is 22.0 Å². The molecule has 1 amide bonds. The minimum absolute atomic E-state index is 0.0500. The number of hydrogen-bond donors (Lipinski definition) is 1. The predicted octanol–water partition coefficient (Wildman–Crippen LogP) is 3.41. The smallest absolute Gasteiger partial charge is 0.404 e. The maximum atomic E-state index is 13.0. The number of carbonyl (C=O) groups excluding carboxylic acids is 1. The van der Waals surface area contributed by atoms with Crippen LogP contribution in [0.5, 0.6) is 0 Å². The first kappa shape index (κ1) is 19.6. The summed E-state index contributed by atoms with van der Waals surface area (Å²) in [5.74, 6) is 0. The number of hydrogen-bond acceptors (Lipinski definition) is 4. The predicted molar refractivity (Wildman–Crippen MR) is 106 cm³/mol. The maximum absolute atomic E-state index is 13.0. The normalized spacial score (nSPS) is 11.4. The summed E-state index contributed by atoms with van der Waals surface area (Å²) in [5, 5.41) is 4.00. The molecule has 144 valence electrons. The molecule has 2 aromatic carbocycles. The molecule has 9 heteroatoms. The molecule has 0 saturated carbocycles. The fourth-order valence-corrected chi connectivity index (χ4v) is 2.99. The van der Waals surface area contributed by atoms with Gasteiger partial charge in [0.05, 0.1) is 18.6 Å². The highest BCUT2D eigenvalue weighted by Gasteiger charge is 2.11. The van der Waals surface area contributed by atoms with Crippen LogP contribution in [0.25, 0.3) is 16.8 Å². The monoisotopic (exact) mass is 446 g/mol. The maximum Gasteiger partial charge on any atom is 0.404 e. The van der Waals surface area contributed by atoms with Crippen molar-refractivity contribution in [2.45, 2.75) is 6.54 Å². The van der Waals surface area contributed by atoms with Gasteiger partial charge in [0.2, 0.25) is 0 Å². The van der Waals surface area contributed by atoms with E-state index in [9.17, 15) is 14.0 Å². The average molecular weight is 447 g/mol. The van der Waals surface area contributed by atoms with Crippen molar-refractivity contribution in [1.82, 2.24) is 14.3 Å². The second-order valence-electron chi connectivity index (χ2n) is 5.88. The zero-order chi connectivity index (χ0) is 20.1. The van der Waals surface area contributed by atoms with Gasteiger partial charge in [-0.2, -0.15) is 5.10 Å². The first-order valence-electron chi connectivity index (χ1n) is 8.19. The summed E-state index contributed by atoms with van der Waals surface area (Å²) in [6, 6.07) is 15.2. The van der Waals surface area contributed by atoms with Crippen molar-refractivity contribution in [3.05, 3.63) is 81.7 Å². The fourth-order valence-electron chi connectivity index (χ4n) is 2.59. The van der Waals surface area contributed by atoms with Gasteiger partial charge in [0, 0.05) is 10.0 Å². The van der Waals surface area contributed by atoms with Gasteiger partial charge in [0.1, 0.15) is 12.9 Å². The Labute approximate surface area is 168 Å². The zero-order valence-corrected chi connectivity index (χ0v) is 16.2. The van der Waals surface area contributed by atoms with Crippen LogP contribution in [0, 0.1) is 0 Å². The Balaban J connectivity index is 1.87. The zero-order valence-electron chi connectivity index (χ0n) is 14.6. The van der Waals surface area contributed by atoms with E-state index in [1.807, 2.05) is 42.5 Å². The number of ether oxygens (including phenoxy) is 1. The molecule has 1 aromatic heterocycles.